The predicted molar refractivity (Wildman–Crippen MR) is 64.3 cm³/mol. The maximum atomic E-state index is 6.13. The molecule has 4 atom stereocenters. The van der Waals surface area contributed by atoms with Gasteiger partial charge in [-0.3, -0.25) is 0 Å². The molecule has 1 aliphatic rings. The molecule has 0 spiro atoms. The molecule has 2 nitrogen and oxygen atoms in total. The van der Waals surface area contributed by atoms with Gasteiger partial charge in [0.25, 0.3) is 0 Å². The quantitative estimate of drug-likeness (QED) is 0.733. The summed E-state index contributed by atoms with van der Waals surface area (Å²) in [6, 6.07) is 0.543. The molecule has 1 aliphatic carbocycles. The van der Waals surface area contributed by atoms with E-state index in [0.29, 0.717) is 16.4 Å². The Labute approximate surface area is 89.6 Å². The first-order valence-electron chi connectivity index (χ1n) is 4.68. The van der Waals surface area contributed by atoms with Crippen molar-refractivity contribution >= 4 is 23.5 Å². The molecular weight excluding hydrogens is 200 g/mol. The van der Waals surface area contributed by atoms with E-state index in [9.17, 15) is 0 Å². The lowest BCUT2D eigenvalue weighted by Gasteiger charge is -2.41. The van der Waals surface area contributed by atoms with E-state index in [1.807, 2.05) is 23.5 Å². The van der Waals surface area contributed by atoms with E-state index in [1.165, 1.54) is 0 Å². The Morgan fingerprint density at radius 3 is 1.69 bits per heavy atom. The minimum absolute atomic E-state index is 0.272. The van der Waals surface area contributed by atoms with Crippen LogP contribution in [0.25, 0.3) is 0 Å². The highest BCUT2D eigenvalue weighted by atomic mass is 32.2. The largest absolute Gasteiger partial charge is 0.326 e. The second kappa shape index (κ2) is 4.91. The number of hydrogen-bond donors (Lipinski definition) is 2. The topological polar surface area (TPSA) is 52.0 Å². The lowest BCUT2D eigenvalue weighted by Crippen LogP contribution is -2.56. The molecule has 0 aliphatic heterocycles. The maximum Gasteiger partial charge on any atom is 0.0210 e. The minimum Gasteiger partial charge on any atom is -0.326 e. The summed E-state index contributed by atoms with van der Waals surface area (Å²) in [4.78, 5) is 0. The Balaban J connectivity index is 2.66. The van der Waals surface area contributed by atoms with Crippen LogP contribution in [0.15, 0.2) is 0 Å². The summed E-state index contributed by atoms with van der Waals surface area (Å²) in [7, 11) is 0. The van der Waals surface area contributed by atoms with Gasteiger partial charge in [-0.1, -0.05) is 6.92 Å². The fraction of sp³-hybridized carbons (Fsp3) is 1.00. The zero-order valence-electron chi connectivity index (χ0n) is 8.57. The van der Waals surface area contributed by atoms with Crippen molar-refractivity contribution in [2.45, 2.75) is 35.9 Å². The molecule has 0 heterocycles. The van der Waals surface area contributed by atoms with Crippen LogP contribution < -0.4 is 11.5 Å². The predicted octanol–water partition coefficient (Wildman–Crippen LogP) is 1.14. The number of thioether (sulfide) groups is 2. The fourth-order valence-electron chi connectivity index (χ4n) is 1.98. The number of rotatable bonds is 2. The molecule has 0 aromatic heterocycles. The molecule has 4 unspecified atom stereocenters. The first-order chi connectivity index (χ1) is 6.11. The van der Waals surface area contributed by atoms with Crippen LogP contribution in [0.3, 0.4) is 0 Å². The molecule has 1 saturated carbocycles. The first-order valence-corrected chi connectivity index (χ1v) is 7.26. The van der Waals surface area contributed by atoms with Gasteiger partial charge in [0.2, 0.25) is 0 Å². The molecule has 4 heteroatoms. The van der Waals surface area contributed by atoms with Gasteiger partial charge in [0.1, 0.15) is 0 Å². The molecule has 0 radical (unpaired) electrons. The smallest absolute Gasteiger partial charge is 0.0210 e. The van der Waals surface area contributed by atoms with Gasteiger partial charge in [0.05, 0.1) is 0 Å². The highest BCUT2D eigenvalue weighted by Gasteiger charge is 2.38. The zero-order valence-corrected chi connectivity index (χ0v) is 10.2. The van der Waals surface area contributed by atoms with Gasteiger partial charge in [-0.05, 0) is 24.9 Å². The standard InChI is InChI=1S/C9H20N2S2/c1-5-8(10)6(12-2)4-7(13-3)9(5)11/h5-9H,4,10-11H2,1-3H3. The Kier molecular flexibility index (Phi) is 4.42. The second-order valence-corrected chi connectivity index (χ2v) is 5.95. The lowest BCUT2D eigenvalue weighted by atomic mass is 9.82. The molecule has 0 saturated heterocycles. The van der Waals surface area contributed by atoms with Crippen LogP contribution >= 0.6 is 23.5 Å². The minimum atomic E-state index is 0.272. The SMILES string of the molecule is CSC1CC(SC)C(N)C(C)C1N. The highest BCUT2D eigenvalue weighted by molar-refractivity contribution is 8.00. The van der Waals surface area contributed by atoms with Crippen molar-refractivity contribution in [1.82, 2.24) is 0 Å². The van der Waals surface area contributed by atoms with Gasteiger partial charge in [-0.25, -0.2) is 0 Å². The van der Waals surface area contributed by atoms with Gasteiger partial charge in [0.15, 0.2) is 0 Å². The second-order valence-electron chi connectivity index (χ2n) is 3.80. The fourth-order valence-corrected chi connectivity index (χ4v) is 4.03. The van der Waals surface area contributed by atoms with Crippen molar-refractivity contribution in [2.24, 2.45) is 17.4 Å². The van der Waals surface area contributed by atoms with Crippen molar-refractivity contribution in [3.63, 3.8) is 0 Å². The summed E-state index contributed by atoms with van der Waals surface area (Å²) in [5, 5.41) is 1.18. The molecule has 0 aromatic carbocycles. The third kappa shape index (κ3) is 2.35. The van der Waals surface area contributed by atoms with Crippen molar-refractivity contribution in [1.29, 1.82) is 0 Å². The summed E-state index contributed by atoms with van der Waals surface area (Å²) in [6.45, 7) is 2.18. The third-order valence-corrected chi connectivity index (χ3v) is 5.37. The van der Waals surface area contributed by atoms with E-state index in [1.54, 1.807) is 0 Å². The van der Waals surface area contributed by atoms with Crippen LogP contribution in [-0.4, -0.2) is 35.1 Å². The Morgan fingerprint density at radius 1 is 1.00 bits per heavy atom. The van der Waals surface area contributed by atoms with Gasteiger partial charge >= 0.3 is 0 Å². The lowest BCUT2D eigenvalue weighted by molar-refractivity contribution is 0.303. The van der Waals surface area contributed by atoms with Crippen LogP contribution in [0.2, 0.25) is 0 Å². The summed E-state index contributed by atoms with van der Waals surface area (Å²) in [5.41, 5.74) is 12.3. The Hall–Kier alpha value is 0.620. The van der Waals surface area contributed by atoms with Crippen molar-refractivity contribution in [3.05, 3.63) is 0 Å². The normalized spacial score (nSPS) is 46.4. The number of hydrogen-bond acceptors (Lipinski definition) is 4. The maximum absolute atomic E-state index is 6.13. The first kappa shape index (κ1) is 11.7. The van der Waals surface area contributed by atoms with E-state index in [4.69, 9.17) is 11.5 Å². The Bertz CT molecular complexity index is 146. The van der Waals surface area contributed by atoms with Crippen LogP contribution in [0.1, 0.15) is 13.3 Å². The van der Waals surface area contributed by atoms with Crippen LogP contribution in [-0.2, 0) is 0 Å². The van der Waals surface area contributed by atoms with E-state index in [0.717, 1.165) is 6.42 Å². The van der Waals surface area contributed by atoms with Gasteiger partial charge in [-0.15, -0.1) is 0 Å². The monoisotopic (exact) mass is 220 g/mol. The van der Waals surface area contributed by atoms with E-state index >= 15 is 0 Å². The molecule has 13 heavy (non-hydrogen) atoms. The van der Waals surface area contributed by atoms with Gasteiger partial charge in [0, 0.05) is 22.6 Å². The average molecular weight is 220 g/mol. The highest BCUT2D eigenvalue weighted by Crippen LogP contribution is 2.34. The average Bonchev–Trinajstić information content (AvgIpc) is 2.15. The van der Waals surface area contributed by atoms with Crippen molar-refractivity contribution in [3.8, 4) is 0 Å². The molecule has 1 rings (SSSR count). The van der Waals surface area contributed by atoms with Gasteiger partial charge < -0.3 is 11.5 Å². The van der Waals surface area contributed by atoms with Crippen LogP contribution in [0.5, 0.6) is 0 Å². The molecule has 0 bridgehead atoms. The third-order valence-electron chi connectivity index (χ3n) is 3.14. The molecule has 1 fully saturated rings. The summed E-state index contributed by atoms with van der Waals surface area (Å²) in [5.74, 6) is 0.448. The van der Waals surface area contributed by atoms with Crippen molar-refractivity contribution < 1.29 is 0 Å². The summed E-state index contributed by atoms with van der Waals surface area (Å²) >= 11 is 3.77. The van der Waals surface area contributed by atoms with E-state index in [-0.39, 0.29) is 12.1 Å². The van der Waals surface area contributed by atoms with E-state index in [2.05, 4.69) is 19.4 Å². The van der Waals surface area contributed by atoms with Gasteiger partial charge in [-0.2, -0.15) is 23.5 Å². The Morgan fingerprint density at radius 2 is 1.38 bits per heavy atom. The van der Waals surface area contributed by atoms with Crippen LogP contribution in [0, 0.1) is 5.92 Å². The number of nitrogens with two attached hydrogens (primary N) is 2. The molecule has 0 amide bonds. The molecular formula is C9H20N2S2. The molecule has 0 aromatic rings. The van der Waals surface area contributed by atoms with Crippen molar-refractivity contribution in [2.75, 3.05) is 12.5 Å². The summed E-state index contributed by atoms with van der Waals surface area (Å²) in [6.07, 6.45) is 5.45. The van der Waals surface area contributed by atoms with Crippen LogP contribution in [0.4, 0.5) is 0 Å². The molecule has 4 N–H and O–H groups in total. The molecule has 78 valence electrons. The zero-order chi connectivity index (χ0) is 10.0. The van der Waals surface area contributed by atoms with E-state index < -0.39 is 0 Å². The summed E-state index contributed by atoms with van der Waals surface area (Å²) < 4.78 is 0.